The van der Waals surface area contributed by atoms with Crippen molar-refractivity contribution in [3.8, 4) is 0 Å². The second-order valence-corrected chi connectivity index (χ2v) is 5.80. The molecule has 1 amide bonds. The average molecular weight is 353 g/mol. The van der Waals surface area contributed by atoms with Crippen LogP contribution in [0.4, 0.5) is 11.4 Å². The van der Waals surface area contributed by atoms with Crippen molar-refractivity contribution < 1.29 is 9.72 Å². The Morgan fingerprint density at radius 1 is 1.22 bits per heavy atom. The maximum absolute atomic E-state index is 12.4. The second-order valence-electron chi connectivity index (χ2n) is 4.99. The number of nitro groups is 1. The van der Waals surface area contributed by atoms with Gasteiger partial charge in [-0.1, -0.05) is 30.1 Å². The van der Waals surface area contributed by atoms with Gasteiger partial charge in [0.05, 0.1) is 15.0 Å². The van der Waals surface area contributed by atoms with Crippen LogP contribution < -0.4 is 5.32 Å². The van der Waals surface area contributed by atoms with E-state index >= 15 is 0 Å². The summed E-state index contributed by atoms with van der Waals surface area (Å²) in [6.07, 6.45) is 0.555. The maximum atomic E-state index is 12.4. The lowest BCUT2D eigenvalue weighted by Crippen LogP contribution is -2.14. The van der Waals surface area contributed by atoms with Crippen molar-refractivity contribution >= 4 is 40.5 Å². The highest BCUT2D eigenvalue weighted by Crippen LogP contribution is 2.28. The first-order chi connectivity index (χ1) is 10.8. The third-order valence-corrected chi connectivity index (χ3v) is 4.15. The SMILES string of the molecule is CCc1cc([N+](=O)[O-])cc(C)c1NC(=O)c1ccc(Cl)c(Cl)c1. The smallest absolute Gasteiger partial charge is 0.270 e. The minimum Gasteiger partial charge on any atom is -0.321 e. The van der Waals surface area contributed by atoms with E-state index in [2.05, 4.69) is 5.32 Å². The number of carbonyl (C=O) groups excluding carboxylic acids is 1. The van der Waals surface area contributed by atoms with Crippen LogP contribution in [-0.2, 0) is 6.42 Å². The minimum atomic E-state index is -0.448. The van der Waals surface area contributed by atoms with Gasteiger partial charge in [-0.15, -0.1) is 0 Å². The van der Waals surface area contributed by atoms with Crippen LogP contribution in [0.1, 0.15) is 28.4 Å². The number of hydrogen-bond acceptors (Lipinski definition) is 3. The Morgan fingerprint density at radius 2 is 1.91 bits per heavy atom. The van der Waals surface area contributed by atoms with Gasteiger partial charge in [0.25, 0.3) is 11.6 Å². The van der Waals surface area contributed by atoms with Gasteiger partial charge in [-0.3, -0.25) is 14.9 Å². The summed E-state index contributed by atoms with van der Waals surface area (Å²) in [4.78, 5) is 22.9. The molecule has 0 heterocycles. The molecule has 0 fully saturated rings. The van der Waals surface area contributed by atoms with E-state index in [0.717, 1.165) is 0 Å². The van der Waals surface area contributed by atoms with Crippen molar-refractivity contribution in [3.05, 3.63) is 67.2 Å². The number of hydrogen-bond donors (Lipinski definition) is 1. The fraction of sp³-hybridized carbons (Fsp3) is 0.188. The Hall–Kier alpha value is -2.11. The molecule has 23 heavy (non-hydrogen) atoms. The molecule has 0 aliphatic rings. The number of nitro benzene ring substituents is 1. The maximum Gasteiger partial charge on any atom is 0.270 e. The summed E-state index contributed by atoms with van der Waals surface area (Å²) in [5.74, 6) is -0.352. The number of aryl methyl sites for hydroxylation is 2. The fourth-order valence-corrected chi connectivity index (χ4v) is 2.52. The summed E-state index contributed by atoms with van der Waals surface area (Å²) >= 11 is 11.8. The molecule has 2 rings (SSSR count). The number of anilines is 1. The van der Waals surface area contributed by atoms with Gasteiger partial charge in [0.15, 0.2) is 0 Å². The van der Waals surface area contributed by atoms with Gasteiger partial charge in [-0.05, 0) is 42.7 Å². The quantitative estimate of drug-likeness (QED) is 0.619. The highest BCUT2D eigenvalue weighted by atomic mass is 35.5. The Balaban J connectivity index is 2.37. The van der Waals surface area contributed by atoms with Crippen LogP contribution in [0.15, 0.2) is 30.3 Å². The third-order valence-electron chi connectivity index (χ3n) is 3.41. The number of rotatable bonds is 4. The zero-order valence-electron chi connectivity index (χ0n) is 12.5. The Morgan fingerprint density at radius 3 is 2.48 bits per heavy atom. The lowest BCUT2D eigenvalue weighted by molar-refractivity contribution is -0.384. The molecular formula is C16H14Cl2N2O3. The summed E-state index contributed by atoms with van der Waals surface area (Å²) in [6.45, 7) is 3.59. The number of halogens is 2. The number of benzene rings is 2. The Labute approximate surface area is 143 Å². The lowest BCUT2D eigenvalue weighted by Gasteiger charge is -2.13. The van der Waals surface area contributed by atoms with E-state index in [1.807, 2.05) is 6.92 Å². The van der Waals surface area contributed by atoms with Gasteiger partial charge in [0.1, 0.15) is 0 Å². The van der Waals surface area contributed by atoms with Crippen molar-refractivity contribution in [1.29, 1.82) is 0 Å². The molecule has 0 saturated heterocycles. The monoisotopic (exact) mass is 352 g/mol. The van der Waals surface area contributed by atoms with Gasteiger partial charge in [-0.25, -0.2) is 0 Å². The molecule has 0 spiro atoms. The van der Waals surface area contributed by atoms with Gasteiger partial charge < -0.3 is 5.32 Å². The average Bonchev–Trinajstić information content (AvgIpc) is 2.51. The molecule has 2 aromatic carbocycles. The van der Waals surface area contributed by atoms with Crippen molar-refractivity contribution in [2.75, 3.05) is 5.32 Å². The van der Waals surface area contributed by atoms with Crippen molar-refractivity contribution in [3.63, 3.8) is 0 Å². The Kier molecular flexibility index (Phi) is 5.23. The van der Waals surface area contributed by atoms with Crippen LogP contribution in [0.3, 0.4) is 0 Å². The topological polar surface area (TPSA) is 72.2 Å². The van der Waals surface area contributed by atoms with Crippen LogP contribution in [-0.4, -0.2) is 10.8 Å². The molecule has 0 unspecified atom stereocenters. The summed E-state index contributed by atoms with van der Waals surface area (Å²) in [5, 5.41) is 14.4. The molecule has 120 valence electrons. The predicted octanol–water partition coefficient (Wildman–Crippen LogP) is 5.02. The lowest BCUT2D eigenvalue weighted by atomic mass is 10.0. The zero-order chi connectivity index (χ0) is 17.1. The normalized spacial score (nSPS) is 10.4. The molecule has 2 aromatic rings. The summed E-state index contributed by atoms with van der Waals surface area (Å²) in [6, 6.07) is 7.49. The first-order valence-electron chi connectivity index (χ1n) is 6.87. The largest absolute Gasteiger partial charge is 0.321 e. The van der Waals surface area contributed by atoms with Crippen LogP contribution in [0.25, 0.3) is 0 Å². The minimum absolute atomic E-state index is 0.00638. The van der Waals surface area contributed by atoms with E-state index in [1.54, 1.807) is 19.1 Å². The summed E-state index contributed by atoms with van der Waals surface area (Å²) in [5.41, 5.74) is 2.27. The van der Waals surface area contributed by atoms with Crippen molar-refractivity contribution in [2.45, 2.75) is 20.3 Å². The van der Waals surface area contributed by atoms with Crippen LogP contribution in [0.2, 0.25) is 10.0 Å². The molecule has 0 atom stereocenters. The molecule has 1 N–H and O–H groups in total. The Bertz CT molecular complexity index is 791. The third kappa shape index (κ3) is 3.81. The van der Waals surface area contributed by atoms with Gasteiger partial charge >= 0.3 is 0 Å². The summed E-state index contributed by atoms with van der Waals surface area (Å²) in [7, 11) is 0. The first kappa shape index (κ1) is 17.2. The predicted molar refractivity (Wildman–Crippen MR) is 91.6 cm³/mol. The van der Waals surface area contributed by atoms with Gasteiger partial charge in [0.2, 0.25) is 0 Å². The van der Waals surface area contributed by atoms with Gasteiger partial charge in [0, 0.05) is 23.4 Å². The van der Waals surface area contributed by atoms with E-state index < -0.39 is 4.92 Å². The van der Waals surface area contributed by atoms with Crippen LogP contribution >= 0.6 is 23.2 Å². The van der Waals surface area contributed by atoms with Crippen molar-refractivity contribution in [2.24, 2.45) is 0 Å². The highest BCUT2D eigenvalue weighted by Gasteiger charge is 2.16. The number of non-ortho nitro benzene ring substituents is 1. The van der Waals surface area contributed by atoms with E-state index in [0.29, 0.717) is 33.8 Å². The molecular weight excluding hydrogens is 339 g/mol. The molecule has 0 aliphatic carbocycles. The standard InChI is InChI=1S/C16H14Cl2N2O3/c1-3-10-7-12(20(22)23)6-9(2)15(10)19-16(21)11-4-5-13(17)14(18)8-11/h4-8H,3H2,1-2H3,(H,19,21). The molecule has 7 heteroatoms. The molecule has 0 radical (unpaired) electrons. The first-order valence-corrected chi connectivity index (χ1v) is 7.63. The molecule has 0 bridgehead atoms. The molecule has 0 aromatic heterocycles. The zero-order valence-corrected chi connectivity index (χ0v) is 14.0. The van der Waals surface area contributed by atoms with Crippen LogP contribution in [0, 0.1) is 17.0 Å². The van der Waals surface area contributed by atoms with Crippen molar-refractivity contribution in [1.82, 2.24) is 0 Å². The fourth-order valence-electron chi connectivity index (χ4n) is 2.23. The molecule has 5 nitrogen and oxygen atoms in total. The molecule has 0 saturated carbocycles. The number of carbonyl (C=O) groups is 1. The van der Waals surface area contributed by atoms with Gasteiger partial charge in [-0.2, -0.15) is 0 Å². The van der Waals surface area contributed by atoms with E-state index in [-0.39, 0.29) is 16.6 Å². The second kappa shape index (κ2) is 6.98. The summed E-state index contributed by atoms with van der Waals surface area (Å²) < 4.78 is 0. The highest BCUT2D eigenvalue weighted by molar-refractivity contribution is 6.42. The van der Waals surface area contributed by atoms with E-state index in [9.17, 15) is 14.9 Å². The molecule has 0 aliphatic heterocycles. The van der Waals surface area contributed by atoms with E-state index in [1.165, 1.54) is 18.2 Å². The number of nitrogens with zero attached hydrogens (tertiary/aromatic N) is 1. The van der Waals surface area contributed by atoms with E-state index in [4.69, 9.17) is 23.2 Å². The number of amides is 1. The number of nitrogens with one attached hydrogen (secondary N) is 1. The van der Waals surface area contributed by atoms with Crippen LogP contribution in [0.5, 0.6) is 0 Å².